The molecule has 0 fully saturated rings. The van der Waals surface area contributed by atoms with E-state index in [1.54, 1.807) is 12.3 Å². The molecular weight excluding hydrogens is 328 g/mol. The molecule has 3 aromatic rings. The molecule has 0 bridgehead atoms. The van der Waals surface area contributed by atoms with Gasteiger partial charge in [0.05, 0.1) is 17.8 Å². The third kappa shape index (κ3) is 4.42. The summed E-state index contributed by atoms with van der Waals surface area (Å²) in [4.78, 5) is 32.7. The van der Waals surface area contributed by atoms with Gasteiger partial charge in [0.1, 0.15) is 5.69 Å². The smallest absolute Gasteiger partial charge is 0.269 e. The number of nitrogens with zero attached hydrogens (tertiary/aromatic N) is 2. The molecule has 132 valence electrons. The summed E-state index contributed by atoms with van der Waals surface area (Å²) in [5.41, 5.74) is 2.93. The van der Waals surface area contributed by atoms with Gasteiger partial charge < -0.3 is 10.6 Å². The van der Waals surface area contributed by atoms with E-state index in [2.05, 4.69) is 20.6 Å². The molecule has 0 aliphatic heterocycles. The van der Waals surface area contributed by atoms with Gasteiger partial charge in [-0.2, -0.15) is 0 Å². The quantitative estimate of drug-likeness (QED) is 0.716. The number of nitrogens with one attached hydrogen (secondary N) is 2. The molecule has 2 amide bonds. The molecule has 26 heavy (non-hydrogen) atoms. The zero-order valence-corrected chi connectivity index (χ0v) is 14.5. The summed E-state index contributed by atoms with van der Waals surface area (Å²) >= 11 is 0. The van der Waals surface area contributed by atoms with E-state index in [0.29, 0.717) is 12.2 Å². The Balaban J connectivity index is 1.50. The molecule has 0 spiro atoms. The lowest BCUT2D eigenvalue weighted by atomic mass is 10.1. The largest absolute Gasteiger partial charge is 0.350 e. The molecule has 6 heteroatoms. The van der Waals surface area contributed by atoms with Crippen molar-refractivity contribution in [2.75, 3.05) is 6.54 Å². The van der Waals surface area contributed by atoms with Crippen LogP contribution in [-0.2, 0) is 11.3 Å². The maximum absolute atomic E-state index is 12.3. The van der Waals surface area contributed by atoms with E-state index in [1.165, 1.54) is 0 Å². The van der Waals surface area contributed by atoms with Crippen LogP contribution in [0.4, 0.5) is 0 Å². The van der Waals surface area contributed by atoms with Crippen molar-refractivity contribution in [2.24, 2.45) is 0 Å². The first kappa shape index (κ1) is 17.5. The molecule has 0 unspecified atom stereocenters. The highest BCUT2D eigenvalue weighted by atomic mass is 16.2. The van der Waals surface area contributed by atoms with Crippen LogP contribution in [0.2, 0.25) is 0 Å². The third-order valence-electron chi connectivity index (χ3n) is 3.99. The van der Waals surface area contributed by atoms with Gasteiger partial charge in [0.2, 0.25) is 5.91 Å². The number of aryl methyl sites for hydroxylation is 1. The molecule has 0 aliphatic rings. The lowest BCUT2D eigenvalue weighted by molar-refractivity contribution is -0.121. The first-order valence-electron chi connectivity index (χ1n) is 8.44. The topological polar surface area (TPSA) is 84.0 Å². The fraction of sp³-hybridized carbons (Fsp3) is 0.200. The van der Waals surface area contributed by atoms with Crippen molar-refractivity contribution < 1.29 is 9.59 Å². The predicted octanol–water partition coefficient (Wildman–Crippen LogP) is 2.37. The van der Waals surface area contributed by atoms with Crippen LogP contribution in [0.5, 0.6) is 0 Å². The van der Waals surface area contributed by atoms with Gasteiger partial charge in [-0.05, 0) is 36.8 Å². The number of hydrogen-bond donors (Lipinski definition) is 2. The van der Waals surface area contributed by atoms with Gasteiger partial charge in [0.25, 0.3) is 5.91 Å². The SMILES string of the molecule is Cc1cc(C(=O)NCCC(=O)NCc2ccccn2)nc2ccccc12. The number of pyridine rings is 2. The zero-order chi connectivity index (χ0) is 18.4. The number of carbonyl (C=O) groups excluding carboxylic acids is 2. The van der Waals surface area contributed by atoms with E-state index < -0.39 is 0 Å². The van der Waals surface area contributed by atoms with Gasteiger partial charge in [0, 0.05) is 24.5 Å². The van der Waals surface area contributed by atoms with E-state index in [9.17, 15) is 9.59 Å². The average molecular weight is 348 g/mol. The van der Waals surface area contributed by atoms with Crippen LogP contribution in [-0.4, -0.2) is 28.3 Å². The Bertz CT molecular complexity index is 926. The molecule has 0 saturated heterocycles. The minimum absolute atomic E-state index is 0.140. The number of para-hydroxylation sites is 1. The van der Waals surface area contributed by atoms with Crippen LogP contribution >= 0.6 is 0 Å². The van der Waals surface area contributed by atoms with E-state index in [-0.39, 0.29) is 24.8 Å². The summed E-state index contributed by atoms with van der Waals surface area (Å²) < 4.78 is 0. The minimum Gasteiger partial charge on any atom is -0.350 e. The van der Waals surface area contributed by atoms with Crippen molar-refractivity contribution in [1.82, 2.24) is 20.6 Å². The van der Waals surface area contributed by atoms with Crippen LogP contribution in [0.3, 0.4) is 0 Å². The summed E-state index contributed by atoms with van der Waals surface area (Å²) in [6, 6.07) is 15.0. The monoisotopic (exact) mass is 348 g/mol. The van der Waals surface area contributed by atoms with Crippen molar-refractivity contribution in [2.45, 2.75) is 19.9 Å². The Hall–Kier alpha value is -3.28. The highest BCUT2D eigenvalue weighted by molar-refractivity contribution is 5.96. The van der Waals surface area contributed by atoms with Gasteiger partial charge in [-0.15, -0.1) is 0 Å². The van der Waals surface area contributed by atoms with Crippen molar-refractivity contribution in [3.8, 4) is 0 Å². The molecule has 6 nitrogen and oxygen atoms in total. The highest BCUT2D eigenvalue weighted by Crippen LogP contribution is 2.17. The molecule has 2 N–H and O–H groups in total. The molecule has 3 rings (SSSR count). The van der Waals surface area contributed by atoms with Crippen LogP contribution in [0.1, 0.15) is 28.2 Å². The molecular formula is C20H20N4O2. The van der Waals surface area contributed by atoms with E-state index in [1.807, 2.05) is 49.4 Å². The first-order valence-corrected chi connectivity index (χ1v) is 8.44. The van der Waals surface area contributed by atoms with E-state index in [4.69, 9.17) is 0 Å². The predicted molar refractivity (Wildman–Crippen MR) is 99.5 cm³/mol. The van der Waals surface area contributed by atoms with Crippen LogP contribution < -0.4 is 10.6 Å². The second-order valence-electron chi connectivity index (χ2n) is 5.95. The number of fused-ring (bicyclic) bond motifs is 1. The maximum atomic E-state index is 12.3. The normalized spacial score (nSPS) is 10.5. The highest BCUT2D eigenvalue weighted by Gasteiger charge is 2.10. The van der Waals surface area contributed by atoms with Gasteiger partial charge in [0.15, 0.2) is 0 Å². The Morgan fingerprint density at radius 1 is 1.04 bits per heavy atom. The molecule has 2 aromatic heterocycles. The summed E-state index contributed by atoms with van der Waals surface area (Å²) in [5, 5.41) is 6.55. The van der Waals surface area contributed by atoms with E-state index >= 15 is 0 Å². The molecule has 0 radical (unpaired) electrons. The summed E-state index contributed by atoms with van der Waals surface area (Å²) in [5.74, 6) is -0.421. The van der Waals surface area contributed by atoms with Gasteiger partial charge in [-0.3, -0.25) is 14.6 Å². The van der Waals surface area contributed by atoms with Crippen LogP contribution in [0, 0.1) is 6.92 Å². The van der Waals surface area contributed by atoms with Crippen molar-refractivity contribution in [3.05, 3.63) is 71.7 Å². The van der Waals surface area contributed by atoms with Gasteiger partial charge in [-0.25, -0.2) is 4.98 Å². The van der Waals surface area contributed by atoms with Gasteiger partial charge >= 0.3 is 0 Å². The summed E-state index contributed by atoms with van der Waals surface area (Å²) in [7, 11) is 0. The van der Waals surface area contributed by atoms with Crippen molar-refractivity contribution in [3.63, 3.8) is 0 Å². The maximum Gasteiger partial charge on any atom is 0.269 e. The average Bonchev–Trinajstić information content (AvgIpc) is 2.67. The lowest BCUT2D eigenvalue weighted by Gasteiger charge is -2.08. The molecule has 1 aromatic carbocycles. The fourth-order valence-electron chi connectivity index (χ4n) is 2.63. The van der Waals surface area contributed by atoms with Crippen molar-refractivity contribution in [1.29, 1.82) is 0 Å². The Morgan fingerprint density at radius 3 is 2.65 bits per heavy atom. The first-order chi connectivity index (χ1) is 12.6. The van der Waals surface area contributed by atoms with E-state index in [0.717, 1.165) is 22.2 Å². The molecule has 0 atom stereocenters. The number of benzene rings is 1. The second-order valence-corrected chi connectivity index (χ2v) is 5.95. The van der Waals surface area contributed by atoms with Crippen molar-refractivity contribution >= 4 is 22.7 Å². The Kier molecular flexibility index (Phi) is 5.53. The number of aromatic nitrogens is 2. The Morgan fingerprint density at radius 2 is 1.85 bits per heavy atom. The molecule has 0 saturated carbocycles. The standard InChI is InChI=1S/C20H20N4O2/c1-14-12-18(24-17-8-3-2-7-16(14)17)20(26)22-11-9-19(25)23-13-15-6-4-5-10-21-15/h2-8,10,12H,9,11,13H2,1H3,(H,22,26)(H,23,25). The fourth-order valence-corrected chi connectivity index (χ4v) is 2.63. The van der Waals surface area contributed by atoms with Crippen LogP contribution in [0.25, 0.3) is 10.9 Å². The number of amides is 2. The van der Waals surface area contributed by atoms with Crippen LogP contribution in [0.15, 0.2) is 54.7 Å². The number of carbonyl (C=O) groups is 2. The second kappa shape index (κ2) is 8.20. The molecule has 0 aliphatic carbocycles. The van der Waals surface area contributed by atoms with Gasteiger partial charge in [-0.1, -0.05) is 24.3 Å². The number of hydrogen-bond acceptors (Lipinski definition) is 4. The lowest BCUT2D eigenvalue weighted by Crippen LogP contribution is -2.31. The third-order valence-corrected chi connectivity index (χ3v) is 3.99. The number of rotatable bonds is 6. The molecule has 2 heterocycles. The Labute approximate surface area is 151 Å². The summed E-state index contributed by atoms with van der Waals surface area (Å²) in [6.07, 6.45) is 1.88. The minimum atomic E-state index is -0.281. The zero-order valence-electron chi connectivity index (χ0n) is 14.5. The summed E-state index contributed by atoms with van der Waals surface area (Å²) in [6.45, 7) is 2.57.